The number of thiazole rings is 1. The number of aromatic nitrogens is 1. The van der Waals surface area contributed by atoms with Gasteiger partial charge in [0.2, 0.25) is 5.91 Å². The van der Waals surface area contributed by atoms with Crippen LogP contribution in [0.4, 0.5) is 0 Å². The topological polar surface area (TPSA) is 42.0 Å². The third kappa shape index (κ3) is 4.78. The zero-order valence-corrected chi connectivity index (χ0v) is 13.1. The average Bonchev–Trinajstić information content (AvgIpc) is 2.93. The van der Waals surface area contributed by atoms with Crippen LogP contribution < -0.4 is 5.32 Å². The standard InChI is InChI=1S/C14H14Cl2N2OS/c15-12-3-1-10(7-13(12)16)2-4-14(19)17-6-5-11-8-20-9-18-11/h1,3,7-9H,2,4-6H2,(H,17,19). The van der Waals surface area contributed by atoms with Crippen LogP contribution in [0.25, 0.3) is 0 Å². The molecule has 20 heavy (non-hydrogen) atoms. The Balaban J connectivity index is 1.70. The van der Waals surface area contributed by atoms with Gasteiger partial charge < -0.3 is 5.32 Å². The lowest BCUT2D eigenvalue weighted by Gasteiger charge is -2.05. The van der Waals surface area contributed by atoms with E-state index in [2.05, 4.69) is 10.3 Å². The van der Waals surface area contributed by atoms with Crippen LogP contribution in [0.2, 0.25) is 10.0 Å². The number of amides is 1. The number of rotatable bonds is 6. The molecule has 0 spiro atoms. The summed E-state index contributed by atoms with van der Waals surface area (Å²) in [5, 5.41) is 5.92. The summed E-state index contributed by atoms with van der Waals surface area (Å²) in [5.74, 6) is 0.0336. The molecule has 0 bridgehead atoms. The van der Waals surface area contributed by atoms with Crippen molar-refractivity contribution in [2.75, 3.05) is 6.54 Å². The molecule has 0 saturated carbocycles. The van der Waals surface area contributed by atoms with Gasteiger partial charge in [-0.25, -0.2) is 4.98 Å². The van der Waals surface area contributed by atoms with Gasteiger partial charge in [-0.3, -0.25) is 4.79 Å². The summed E-state index contributed by atoms with van der Waals surface area (Å²) in [7, 11) is 0. The van der Waals surface area contributed by atoms with Crippen LogP contribution in [-0.2, 0) is 17.6 Å². The summed E-state index contributed by atoms with van der Waals surface area (Å²) in [6, 6.07) is 5.43. The minimum atomic E-state index is 0.0336. The van der Waals surface area contributed by atoms with Crippen molar-refractivity contribution in [1.82, 2.24) is 10.3 Å². The van der Waals surface area contributed by atoms with Crippen LogP contribution in [0.5, 0.6) is 0 Å². The van der Waals surface area contributed by atoms with E-state index >= 15 is 0 Å². The fourth-order valence-electron chi connectivity index (χ4n) is 1.73. The highest BCUT2D eigenvalue weighted by atomic mass is 35.5. The van der Waals surface area contributed by atoms with Crippen molar-refractivity contribution in [2.24, 2.45) is 0 Å². The quantitative estimate of drug-likeness (QED) is 0.877. The number of hydrogen-bond acceptors (Lipinski definition) is 3. The van der Waals surface area contributed by atoms with E-state index in [0.717, 1.165) is 17.7 Å². The van der Waals surface area contributed by atoms with E-state index in [0.29, 0.717) is 29.4 Å². The van der Waals surface area contributed by atoms with Crippen molar-refractivity contribution in [3.63, 3.8) is 0 Å². The van der Waals surface area contributed by atoms with Gasteiger partial charge >= 0.3 is 0 Å². The Hall–Kier alpha value is -1.10. The summed E-state index contributed by atoms with van der Waals surface area (Å²) in [6.07, 6.45) is 1.86. The molecule has 0 aliphatic carbocycles. The fourth-order valence-corrected chi connectivity index (χ4v) is 2.65. The van der Waals surface area contributed by atoms with E-state index < -0.39 is 0 Å². The molecule has 0 aliphatic heterocycles. The van der Waals surface area contributed by atoms with E-state index in [1.54, 1.807) is 29.0 Å². The van der Waals surface area contributed by atoms with E-state index in [9.17, 15) is 4.79 Å². The van der Waals surface area contributed by atoms with Crippen LogP contribution in [0.3, 0.4) is 0 Å². The van der Waals surface area contributed by atoms with Crippen molar-refractivity contribution in [1.29, 1.82) is 0 Å². The molecular formula is C14H14Cl2N2OS. The highest BCUT2D eigenvalue weighted by Crippen LogP contribution is 2.23. The Bertz CT molecular complexity index is 573. The number of nitrogens with zero attached hydrogens (tertiary/aromatic N) is 1. The second-order valence-electron chi connectivity index (χ2n) is 4.33. The number of carbonyl (C=O) groups excluding carboxylic acids is 1. The predicted molar refractivity (Wildman–Crippen MR) is 83.6 cm³/mol. The first-order chi connectivity index (χ1) is 9.65. The maximum Gasteiger partial charge on any atom is 0.220 e. The molecule has 106 valence electrons. The van der Waals surface area contributed by atoms with E-state index in [4.69, 9.17) is 23.2 Å². The number of benzene rings is 1. The normalized spacial score (nSPS) is 10.5. The summed E-state index contributed by atoms with van der Waals surface area (Å²) in [5.41, 5.74) is 3.82. The van der Waals surface area contributed by atoms with Gasteiger partial charge in [0.1, 0.15) is 0 Å². The molecule has 1 heterocycles. The molecular weight excluding hydrogens is 315 g/mol. The summed E-state index contributed by atoms with van der Waals surface area (Å²) in [4.78, 5) is 15.9. The Morgan fingerprint density at radius 2 is 2.10 bits per heavy atom. The highest BCUT2D eigenvalue weighted by molar-refractivity contribution is 7.07. The van der Waals surface area contributed by atoms with Crippen molar-refractivity contribution in [2.45, 2.75) is 19.3 Å². The molecule has 0 aliphatic rings. The molecule has 0 unspecified atom stereocenters. The minimum Gasteiger partial charge on any atom is -0.356 e. The monoisotopic (exact) mass is 328 g/mol. The average molecular weight is 329 g/mol. The number of halogens is 2. The number of hydrogen-bond donors (Lipinski definition) is 1. The van der Waals surface area contributed by atoms with E-state index in [1.807, 2.05) is 11.4 Å². The Morgan fingerprint density at radius 1 is 1.25 bits per heavy atom. The molecule has 2 aromatic rings. The van der Waals surface area contributed by atoms with Crippen LogP contribution in [0.15, 0.2) is 29.1 Å². The van der Waals surface area contributed by atoms with Crippen LogP contribution >= 0.6 is 34.5 Å². The van der Waals surface area contributed by atoms with Gasteiger partial charge in [-0.05, 0) is 24.1 Å². The van der Waals surface area contributed by atoms with Crippen molar-refractivity contribution >= 4 is 40.4 Å². The first-order valence-corrected chi connectivity index (χ1v) is 7.92. The minimum absolute atomic E-state index is 0.0336. The lowest BCUT2D eigenvalue weighted by atomic mass is 10.1. The number of aryl methyl sites for hydroxylation is 1. The second-order valence-corrected chi connectivity index (χ2v) is 5.86. The van der Waals surface area contributed by atoms with Crippen LogP contribution in [-0.4, -0.2) is 17.4 Å². The molecule has 0 atom stereocenters. The van der Waals surface area contributed by atoms with Crippen LogP contribution in [0.1, 0.15) is 17.7 Å². The number of carbonyl (C=O) groups is 1. The SMILES string of the molecule is O=C(CCc1ccc(Cl)c(Cl)c1)NCCc1cscn1. The molecule has 2 rings (SSSR count). The maximum atomic E-state index is 11.7. The maximum absolute atomic E-state index is 11.7. The molecule has 0 radical (unpaired) electrons. The van der Waals surface area contributed by atoms with Gasteiger partial charge in [0.15, 0.2) is 0 Å². The van der Waals surface area contributed by atoms with Gasteiger partial charge in [0.05, 0.1) is 21.2 Å². The van der Waals surface area contributed by atoms with Gasteiger partial charge in [-0.2, -0.15) is 0 Å². The highest BCUT2D eigenvalue weighted by Gasteiger charge is 2.04. The zero-order chi connectivity index (χ0) is 14.4. The molecule has 3 nitrogen and oxygen atoms in total. The van der Waals surface area contributed by atoms with Crippen molar-refractivity contribution in [3.8, 4) is 0 Å². The van der Waals surface area contributed by atoms with Crippen molar-refractivity contribution < 1.29 is 4.79 Å². The lowest BCUT2D eigenvalue weighted by molar-refractivity contribution is -0.121. The molecule has 1 aromatic heterocycles. The molecule has 0 saturated heterocycles. The smallest absolute Gasteiger partial charge is 0.220 e. The fraction of sp³-hybridized carbons (Fsp3) is 0.286. The van der Waals surface area contributed by atoms with Gasteiger partial charge in [-0.1, -0.05) is 29.3 Å². The molecule has 0 fully saturated rings. The van der Waals surface area contributed by atoms with E-state index in [-0.39, 0.29) is 5.91 Å². The second kappa shape index (κ2) is 7.62. The summed E-state index contributed by atoms with van der Waals surface area (Å²) < 4.78 is 0. The molecule has 1 N–H and O–H groups in total. The van der Waals surface area contributed by atoms with E-state index in [1.165, 1.54) is 0 Å². The summed E-state index contributed by atoms with van der Waals surface area (Å²) in [6.45, 7) is 0.615. The molecule has 1 aromatic carbocycles. The zero-order valence-electron chi connectivity index (χ0n) is 10.7. The lowest BCUT2D eigenvalue weighted by Crippen LogP contribution is -2.25. The molecule has 6 heteroatoms. The van der Waals surface area contributed by atoms with Crippen molar-refractivity contribution in [3.05, 3.63) is 50.4 Å². The first-order valence-electron chi connectivity index (χ1n) is 6.23. The Labute approximate surface area is 131 Å². The third-order valence-electron chi connectivity index (χ3n) is 2.81. The Morgan fingerprint density at radius 3 is 2.80 bits per heavy atom. The summed E-state index contributed by atoms with van der Waals surface area (Å²) >= 11 is 13.3. The Kier molecular flexibility index (Phi) is 5.83. The van der Waals surface area contributed by atoms with Crippen LogP contribution in [0, 0.1) is 0 Å². The molecule has 1 amide bonds. The number of nitrogens with one attached hydrogen (secondary N) is 1. The van der Waals surface area contributed by atoms with Gasteiger partial charge in [0.25, 0.3) is 0 Å². The van der Waals surface area contributed by atoms with Gasteiger partial charge in [-0.15, -0.1) is 11.3 Å². The van der Waals surface area contributed by atoms with Gasteiger partial charge in [0, 0.05) is 24.8 Å². The third-order valence-corrected chi connectivity index (χ3v) is 4.19. The predicted octanol–water partition coefficient (Wildman–Crippen LogP) is 3.74. The largest absolute Gasteiger partial charge is 0.356 e. The first kappa shape index (κ1) is 15.3.